The van der Waals surface area contributed by atoms with Crippen molar-refractivity contribution in [3.8, 4) is 17.2 Å². The zero-order valence-corrected chi connectivity index (χ0v) is 30.1. The summed E-state index contributed by atoms with van der Waals surface area (Å²) in [6.07, 6.45) is -0.685. The fraction of sp³-hybridized carbons (Fsp3) is 0.500. The molecule has 14 nitrogen and oxygen atoms in total. The van der Waals surface area contributed by atoms with Gasteiger partial charge in [-0.1, -0.05) is 69.4 Å². The maximum atomic E-state index is 13.4. The highest BCUT2D eigenvalue weighted by atomic mass is 16.7. The van der Waals surface area contributed by atoms with Gasteiger partial charge in [-0.2, -0.15) is 0 Å². The first kappa shape index (κ1) is 39.7. The molecular formula is C38H46O14. The topological polar surface area (TPSA) is 172 Å². The molecule has 0 bridgehead atoms. The Morgan fingerprint density at radius 2 is 1.37 bits per heavy atom. The molecule has 1 aromatic heterocycles. The minimum Gasteiger partial charge on any atom is -0.484 e. The fourth-order valence-corrected chi connectivity index (χ4v) is 5.68. The van der Waals surface area contributed by atoms with Gasteiger partial charge in [0.15, 0.2) is 18.0 Å². The standard InChI is InChI=1S/C38H46O14/c1-6-7-8-9-10-14-19-44-35-32(46-21-27-15-12-11-13-16-27)29-18-17-28(20-30(29)51-37(35)43)50-38-36(49-26(5)42)34(48-25(4)41)33(47-24(3)40)31(52-38)22-45-23(2)39/h11-13,15-18,20,31,33-34,36,38H,6-10,14,19,21-22H2,1-5H3/t31-,33-,34+,36+,38+/m1/s1. The number of carbonyl (C=O) groups excluding carboxylic acids is 4. The number of hydrogen-bond acceptors (Lipinski definition) is 14. The molecule has 3 aromatic rings. The van der Waals surface area contributed by atoms with Crippen LogP contribution in [-0.4, -0.2) is 67.8 Å². The Morgan fingerprint density at radius 1 is 0.712 bits per heavy atom. The lowest BCUT2D eigenvalue weighted by molar-refractivity contribution is -0.288. The van der Waals surface area contributed by atoms with Crippen molar-refractivity contribution in [2.45, 2.75) is 110 Å². The number of esters is 4. The molecule has 0 radical (unpaired) electrons. The second-order valence-corrected chi connectivity index (χ2v) is 12.3. The van der Waals surface area contributed by atoms with E-state index in [2.05, 4.69) is 6.92 Å². The third kappa shape index (κ3) is 11.5. The van der Waals surface area contributed by atoms with Crippen molar-refractivity contribution in [3.05, 3.63) is 64.5 Å². The molecule has 282 valence electrons. The molecule has 1 aliphatic rings. The van der Waals surface area contributed by atoms with E-state index in [1.54, 1.807) is 12.1 Å². The Hall–Kier alpha value is -5.11. The molecule has 2 aromatic carbocycles. The summed E-state index contributed by atoms with van der Waals surface area (Å²) in [4.78, 5) is 61.5. The number of carbonyl (C=O) groups is 4. The number of rotatable bonds is 18. The van der Waals surface area contributed by atoms with Crippen LogP contribution in [-0.2, 0) is 49.5 Å². The van der Waals surface area contributed by atoms with Gasteiger partial charge in [0.25, 0.3) is 0 Å². The smallest absolute Gasteiger partial charge is 0.383 e. The monoisotopic (exact) mass is 726 g/mol. The van der Waals surface area contributed by atoms with E-state index in [9.17, 15) is 24.0 Å². The molecule has 5 atom stereocenters. The molecule has 0 unspecified atom stereocenters. The number of fused-ring (bicyclic) bond motifs is 1. The van der Waals surface area contributed by atoms with Crippen LogP contribution in [0.4, 0.5) is 0 Å². The normalized spacial score (nSPS) is 19.7. The molecule has 52 heavy (non-hydrogen) atoms. The van der Waals surface area contributed by atoms with E-state index in [1.165, 1.54) is 19.4 Å². The second-order valence-electron chi connectivity index (χ2n) is 12.3. The summed E-state index contributed by atoms with van der Waals surface area (Å²) >= 11 is 0. The summed E-state index contributed by atoms with van der Waals surface area (Å²) in [5.74, 6) is -2.74. The van der Waals surface area contributed by atoms with Crippen molar-refractivity contribution in [1.82, 2.24) is 0 Å². The Balaban J connectivity index is 1.68. The first-order valence-electron chi connectivity index (χ1n) is 17.3. The minimum absolute atomic E-state index is 0.0507. The van der Waals surface area contributed by atoms with Crippen molar-refractivity contribution >= 4 is 34.8 Å². The Morgan fingerprint density at radius 3 is 2.04 bits per heavy atom. The third-order valence-corrected chi connectivity index (χ3v) is 7.96. The van der Waals surface area contributed by atoms with E-state index in [0.717, 1.165) is 58.4 Å². The molecule has 0 amide bonds. The van der Waals surface area contributed by atoms with Crippen LogP contribution in [0.25, 0.3) is 11.0 Å². The number of ether oxygens (including phenoxy) is 8. The van der Waals surface area contributed by atoms with Gasteiger partial charge in [-0.25, -0.2) is 4.79 Å². The molecule has 0 spiro atoms. The summed E-state index contributed by atoms with van der Waals surface area (Å²) in [5.41, 5.74) is 0.198. The van der Waals surface area contributed by atoms with Crippen LogP contribution in [0, 0.1) is 0 Å². The summed E-state index contributed by atoms with van der Waals surface area (Å²) in [7, 11) is 0. The van der Waals surface area contributed by atoms with Gasteiger partial charge in [0.1, 0.15) is 30.7 Å². The summed E-state index contributed by atoms with van der Waals surface area (Å²) in [5, 5.41) is 0.419. The molecule has 1 aliphatic heterocycles. The van der Waals surface area contributed by atoms with E-state index in [-0.39, 0.29) is 29.4 Å². The van der Waals surface area contributed by atoms with Crippen LogP contribution in [0.15, 0.2) is 57.7 Å². The van der Waals surface area contributed by atoms with Crippen LogP contribution in [0.5, 0.6) is 17.2 Å². The molecule has 2 heterocycles. The van der Waals surface area contributed by atoms with Crippen LogP contribution in [0.1, 0.15) is 78.7 Å². The molecule has 1 saturated heterocycles. The average molecular weight is 727 g/mol. The molecule has 4 rings (SSSR count). The van der Waals surface area contributed by atoms with E-state index in [4.69, 9.17) is 42.3 Å². The number of unbranched alkanes of at least 4 members (excludes halogenated alkanes) is 5. The van der Waals surface area contributed by atoms with Gasteiger partial charge in [-0.15, -0.1) is 0 Å². The van der Waals surface area contributed by atoms with E-state index < -0.39 is 66.8 Å². The van der Waals surface area contributed by atoms with Crippen molar-refractivity contribution in [2.75, 3.05) is 13.2 Å². The second kappa shape index (κ2) is 19.5. The van der Waals surface area contributed by atoms with Crippen LogP contribution in [0.2, 0.25) is 0 Å². The van der Waals surface area contributed by atoms with Gasteiger partial charge in [0.05, 0.1) is 12.0 Å². The summed E-state index contributed by atoms with van der Waals surface area (Å²) < 4.78 is 51.5. The summed E-state index contributed by atoms with van der Waals surface area (Å²) in [6.45, 7) is 6.73. The highest BCUT2D eigenvalue weighted by Gasteiger charge is 2.53. The predicted octanol–water partition coefficient (Wildman–Crippen LogP) is 5.57. The maximum Gasteiger partial charge on any atom is 0.383 e. The Labute approximate surface area is 301 Å². The quantitative estimate of drug-likeness (QED) is 0.0689. The van der Waals surface area contributed by atoms with Crippen molar-refractivity contribution < 1.29 is 61.5 Å². The molecule has 14 heteroatoms. The number of hydrogen-bond donors (Lipinski definition) is 0. The molecular weight excluding hydrogens is 680 g/mol. The minimum atomic E-state index is -1.49. The van der Waals surface area contributed by atoms with E-state index >= 15 is 0 Å². The summed E-state index contributed by atoms with van der Waals surface area (Å²) in [6, 6.07) is 14.0. The molecule has 0 N–H and O–H groups in total. The Bertz CT molecular complexity index is 1720. The zero-order chi connectivity index (χ0) is 37.6. The molecule has 0 aliphatic carbocycles. The number of benzene rings is 2. The lowest BCUT2D eigenvalue weighted by Crippen LogP contribution is -2.63. The maximum absolute atomic E-state index is 13.4. The predicted molar refractivity (Wildman–Crippen MR) is 185 cm³/mol. The van der Waals surface area contributed by atoms with Gasteiger partial charge in [-0.05, 0) is 24.1 Å². The highest BCUT2D eigenvalue weighted by Crippen LogP contribution is 2.37. The Kier molecular flexibility index (Phi) is 14.9. The van der Waals surface area contributed by atoms with Crippen LogP contribution in [0.3, 0.4) is 0 Å². The fourth-order valence-electron chi connectivity index (χ4n) is 5.68. The molecule has 0 saturated carbocycles. The van der Waals surface area contributed by atoms with Gasteiger partial charge < -0.3 is 42.3 Å². The lowest BCUT2D eigenvalue weighted by atomic mass is 9.98. The molecule has 1 fully saturated rings. The first-order chi connectivity index (χ1) is 25.0. The van der Waals surface area contributed by atoms with E-state index in [1.807, 2.05) is 30.3 Å². The first-order valence-corrected chi connectivity index (χ1v) is 17.3. The highest BCUT2D eigenvalue weighted by molar-refractivity contribution is 5.86. The van der Waals surface area contributed by atoms with Gasteiger partial charge >= 0.3 is 29.5 Å². The lowest BCUT2D eigenvalue weighted by Gasteiger charge is -2.43. The van der Waals surface area contributed by atoms with E-state index in [0.29, 0.717) is 12.0 Å². The van der Waals surface area contributed by atoms with Crippen molar-refractivity contribution in [1.29, 1.82) is 0 Å². The van der Waals surface area contributed by atoms with Gasteiger partial charge in [0, 0.05) is 33.8 Å². The van der Waals surface area contributed by atoms with Gasteiger partial charge in [-0.3, -0.25) is 19.2 Å². The zero-order valence-electron chi connectivity index (χ0n) is 30.1. The van der Waals surface area contributed by atoms with Crippen molar-refractivity contribution in [3.63, 3.8) is 0 Å². The SMILES string of the molecule is CCCCCCCCOc1c(OCc2ccccc2)c2ccc(O[C@H]3O[C@H](COC(C)=O)[C@@H](OC(C)=O)[C@H](OC(C)=O)[C@@H]3OC(C)=O)cc2oc1=O. The average Bonchev–Trinajstić information content (AvgIpc) is 3.09. The third-order valence-electron chi connectivity index (χ3n) is 7.96. The van der Waals surface area contributed by atoms with Crippen LogP contribution < -0.4 is 19.8 Å². The van der Waals surface area contributed by atoms with Crippen molar-refractivity contribution in [2.24, 2.45) is 0 Å². The van der Waals surface area contributed by atoms with Gasteiger partial charge in [0.2, 0.25) is 18.1 Å². The van der Waals surface area contributed by atoms with Crippen LogP contribution >= 0.6 is 0 Å². The largest absolute Gasteiger partial charge is 0.484 e.